The summed E-state index contributed by atoms with van der Waals surface area (Å²) in [5, 5.41) is 0. The van der Waals surface area contributed by atoms with Crippen molar-refractivity contribution >= 4 is 21.9 Å². The second-order valence-electron chi connectivity index (χ2n) is 5.71. The Morgan fingerprint density at radius 1 is 1.43 bits per heavy atom. The van der Waals surface area contributed by atoms with Crippen LogP contribution in [0.2, 0.25) is 0 Å². The van der Waals surface area contributed by atoms with Gasteiger partial charge < -0.3 is 4.74 Å². The van der Waals surface area contributed by atoms with Crippen LogP contribution in [0.15, 0.2) is 22.7 Å². The van der Waals surface area contributed by atoms with Gasteiger partial charge >= 0.3 is 5.97 Å². The van der Waals surface area contributed by atoms with Crippen molar-refractivity contribution in [3.8, 4) is 0 Å². The highest BCUT2D eigenvalue weighted by molar-refractivity contribution is 9.10. The van der Waals surface area contributed by atoms with E-state index in [4.69, 9.17) is 4.74 Å². The summed E-state index contributed by atoms with van der Waals surface area (Å²) in [4.78, 5) is 14.1. The maximum Gasteiger partial charge on any atom is 0.337 e. The monoisotopic (exact) mass is 353 g/mol. The molecule has 0 bridgehead atoms. The lowest BCUT2D eigenvalue weighted by molar-refractivity contribution is 0.0600. The third-order valence-electron chi connectivity index (χ3n) is 4.22. The van der Waals surface area contributed by atoms with Crippen LogP contribution in [-0.4, -0.2) is 30.6 Å². The average Bonchev–Trinajstić information content (AvgIpc) is 2.50. The first-order valence-electron chi connectivity index (χ1n) is 7.76. The van der Waals surface area contributed by atoms with Gasteiger partial charge in [0.1, 0.15) is 0 Å². The molecule has 1 aliphatic rings. The minimum Gasteiger partial charge on any atom is -0.465 e. The zero-order valence-corrected chi connectivity index (χ0v) is 14.5. The molecule has 0 saturated carbocycles. The molecule has 2 rings (SSSR count). The van der Waals surface area contributed by atoms with Crippen molar-refractivity contribution < 1.29 is 9.53 Å². The summed E-state index contributed by atoms with van der Waals surface area (Å²) in [5.41, 5.74) is 1.84. The van der Waals surface area contributed by atoms with Crippen LogP contribution in [0.1, 0.15) is 54.9 Å². The molecule has 0 radical (unpaired) electrons. The van der Waals surface area contributed by atoms with Gasteiger partial charge in [0, 0.05) is 17.1 Å². The third kappa shape index (κ3) is 4.30. The summed E-state index contributed by atoms with van der Waals surface area (Å²) < 4.78 is 5.75. The highest BCUT2D eigenvalue weighted by atomic mass is 79.9. The van der Waals surface area contributed by atoms with Crippen molar-refractivity contribution in [2.24, 2.45) is 0 Å². The van der Waals surface area contributed by atoms with E-state index in [1.807, 2.05) is 18.2 Å². The van der Waals surface area contributed by atoms with Crippen molar-refractivity contribution in [1.29, 1.82) is 0 Å². The molecule has 3 nitrogen and oxygen atoms in total. The second kappa shape index (κ2) is 7.95. The largest absolute Gasteiger partial charge is 0.465 e. The van der Waals surface area contributed by atoms with Crippen LogP contribution in [0, 0.1) is 0 Å². The van der Waals surface area contributed by atoms with Crippen LogP contribution in [0.3, 0.4) is 0 Å². The normalized spacial score (nSPS) is 19.5. The van der Waals surface area contributed by atoms with Gasteiger partial charge in [-0.15, -0.1) is 0 Å². The van der Waals surface area contributed by atoms with E-state index in [0.717, 1.165) is 11.0 Å². The predicted molar refractivity (Wildman–Crippen MR) is 88.4 cm³/mol. The number of carbonyl (C=O) groups excluding carboxylic acids is 1. The molecular formula is C17H24BrNO2. The Labute approximate surface area is 135 Å². The first-order valence-corrected chi connectivity index (χ1v) is 8.55. The number of likely N-dealkylation sites (tertiary alicyclic amines) is 1. The molecule has 0 amide bonds. The predicted octanol–water partition coefficient (Wildman–Crippen LogP) is 4.39. The Bertz CT molecular complexity index is 488. The van der Waals surface area contributed by atoms with Crippen LogP contribution in [0.5, 0.6) is 0 Å². The molecule has 0 aromatic heterocycles. The maximum absolute atomic E-state index is 11.6. The third-order valence-corrected chi connectivity index (χ3v) is 4.96. The molecule has 4 heteroatoms. The molecule has 1 aromatic carbocycles. The molecule has 1 heterocycles. The van der Waals surface area contributed by atoms with Gasteiger partial charge in [0.2, 0.25) is 0 Å². The lowest BCUT2D eigenvalue weighted by Crippen LogP contribution is -2.38. The van der Waals surface area contributed by atoms with Gasteiger partial charge in [-0.3, -0.25) is 4.90 Å². The number of halogens is 1. The minimum atomic E-state index is -0.288. The Kier molecular flexibility index (Phi) is 6.24. The van der Waals surface area contributed by atoms with Crippen LogP contribution >= 0.6 is 15.9 Å². The summed E-state index contributed by atoms with van der Waals surface area (Å²) in [7, 11) is 1.41. The number of nitrogens with zero attached hydrogens (tertiary/aromatic N) is 1. The van der Waals surface area contributed by atoms with E-state index >= 15 is 0 Å². The lowest BCUT2D eigenvalue weighted by Gasteiger charge is -2.36. The van der Waals surface area contributed by atoms with Gasteiger partial charge in [-0.25, -0.2) is 4.79 Å². The fourth-order valence-corrected chi connectivity index (χ4v) is 3.57. The van der Waals surface area contributed by atoms with Crippen molar-refractivity contribution in [3.63, 3.8) is 0 Å². The molecule has 0 aliphatic carbocycles. The molecule has 0 spiro atoms. The molecule has 0 N–H and O–H groups in total. The number of piperidine rings is 1. The van der Waals surface area contributed by atoms with Gasteiger partial charge in [0.25, 0.3) is 0 Å². The van der Waals surface area contributed by atoms with Crippen LogP contribution in [0.25, 0.3) is 0 Å². The fourth-order valence-electron chi connectivity index (χ4n) is 3.07. The van der Waals surface area contributed by atoms with E-state index in [2.05, 4.69) is 27.8 Å². The van der Waals surface area contributed by atoms with Crippen LogP contribution in [0.4, 0.5) is 0 Å². The van der Waals surface area contributed by atoms with Crippen molar-refractivity contribution in [2.45, 2.75) is 51.6 Å². The molecule has 1 aromatic rings. The second-order valence-corrected chi connectivity index (χ2v) is 6.56. The number of ether oxygens (including phenoxy) is 1. The smallest absolute Gasteiger partial charge is 0.337 e. The molecule has 1 fully saturated rings. The highest BCUT2D eigenvalue weighted by Crippen LogP contribution is 2.26. The molecule has 1 atom stereocenters. The van der Waals surface area contributed by atoms with Crippen molar-refractivity contribution in [2.75, 3.05) is 13.7 Å². The van der Waals surface area contributed by atoms with Gasteiger partial charge in [-0.1, -0.05) is 41.8 Å². The van der Waals surface area contributed by atoms with Gasteiger partial charge in [0.15, 0.2) is 0 Å². The molecule has 1 aliphatic heterocycles. The van der Waals surface area contributed by atoms with E-state index in [1.165, 1.54) is 51.3 Å². The average molecular weight is 354 g/mol. The molecule has 1 saturated heterocycles. The summed E-state index contributed by atoms with van der Waals surface area (Å²) in [6.07, 6.45) is 6.47. The fraction of sp³-hybridized carbons (Fsp3) is 0.588. The zero-order chi connectivity index (χ0) is 15.2. The number of rotatable bonds is 5. The van der Waals surface area contributed by atoms with E-state index < -0.39 is 0 Å². The summed E-state index contributed by atoms with van der Waals surface area (Å²) in [6, 6.07) is 6.45. The number of esters is 1. The first-order chi connectivity index (χ1) is 10.2. The maximum atomic E-state index is 11.6. The SMILES string of the molecule is CCCC1CCCCN1Cc1ccc(C(=O)OC)cc1Br. The quantitative estimate of drug-likeness (QED) is 0.735. The standard InChI is InChI=1S/C17H24BrNO2/c1-3-6-15-7-4-5-10-19(15)12-14-9-8-13(11-16(14)18)17(20)21-2/h8-9,11,15H,3-7,10,12H2,1-2H3. The molecular weight excluding hydrogens is 330 g/mol. The number of methoxy groups -OCH3 is 1. The van der Waals surface area contributed by atoms with Gasteiger partial charge in [0.05, 0.1) is 12.7 Å². The van der Waals surface area contributed by atoms with Gasteiger partial charge in [-0.05, 0) is 43.5 Å². The summed E-state index contributed by atoms with van der Waals surface area (Å²) in [5.74, 6) is -0.288. The Morgan fingerprint density at radius 3 is 2.90 bits per heavy atom. The van der Waals surface area contributed by atoms with E-state index in [0.29, 0.717) is 11.6 Å². The zero-order valence-electron chi connectivity index (χ0n) is 12.9. The van der Waals surface area contributed by atoms with Crippen LogP contribution in [-0.2, 0) is 11.3 Å². The number of hydrogen-bond acceptors (Lipinski definition) is 3. The lowest BCUT2D eigenvalue weighted by atomic mass is 9.97. The number of hydrogen-bond donors (Lipinski definition) is 0. The van der Waals surface area contributed by atoms with E-state index in [9.17, 15) is 4.79 Å². The number of benzene rings is 1. The van der Waals surface area contributed by atoms with Gasteiger partial charge in [-0.2, -0.15) is 0 Å². The topological polar surface area (TPSA) is 29.5 Å². The van der Waals surface area contributed by atoms with E-state index in [-0.39, 0.29) is 5.97 Å². The minimum absolute atomic E-state index is 0.288. The Balaban J connectivity index is 2.09. The van der Waals surface area contributed by atoms with E-state index in [1.54, 1.807) is 0 Å². The molecule has 116 valence electrons. The van der Waals surface area contributed by atoms with Crippen molar-refractivity contribution in [1.82, 2.24) is 4.90 Å². The number of carbonyl (C=O) groups is 1. The molecule has 21 heavy (non-hydrogen) atoms. The summed E-state index contributed by atoms with van der Waals surface area (Å²) >= 11 is 3.60. The Morgan fingerprint density at radius 2 is 2.24 bits per heavy atom. The first kappa shape index (κ1) is 16.5. The molecule has 1 unspecified atom stereocenters. The summed E-state index contributed by atoms with van der Waals surface area (Å²) in [6.45, 7) is 4.39. The van der Waals surface area contributed by atoms with Crippen molar-refractivity contribution in [3.05, 3.63) is 33.8 Å². The Hall–Kier alpha value is -0.870. The highest BCUT2D eigenvalue weighted by Gasteiger charge is 2.22. The van der Waals surface area contributed by atoms with Crippen LogP contribution < -0.4 is 0 Å².